The number of halogens is 1. The van der Waals surface area contributed by atoms with Crippen LogP contribution in [0.15, 0.2) is 37.9 Å². The Morgan fingerprint density at radius 1 is 1.50 bits per heavy atom. The molecule has 3 N–H and O–H groups in total. The van der Waals surface area contributed by atoms with Gasteiger partial charge in [-0.05, 0) is 37.6 Å². The maximum Gasteiger partial charge on any atom is 0.342 e. The zero-order valence-corrected chi connectivity index (χ0v) is 15.5. The third-order valence-electron chi connectivity index (χ3n) is 2.98. The van der Waals surface area contributed by atoms with Gasteiger partial charge in [0.15, 0.2) is 5.03 Å². The Kier molecular flexibility index (Phi) is 6.98. The molecule has 0 saturated carbocycles. The summed E-state index contributed by atoms with van der Waals surface area (Å²) in [5, 5.41) is 9.32. The summed E-state index contributed by atoms with van der Waals surface area (Å²) in [7, 11) is 0. The molecule has 0 bridgehead atoms. The highest BCUT2D eigenvalue weighted by Crippen LogP contribution is 2.24. The minimum atomic E-state index is -0.713. The van der Waals surface area contributed by atoms with E-state index >= 15 is 0 Å². The average Bonchev–Trinajstić information content (AvgIpc) is 2.59. The number of nitrogens with zero attached hydrogens (tertiary/aromatic N) is 2. The summed E-state index contributed by atoms with van der Waals surface area (Å²) < 4.78 is 5.33. The number of nitrogens with one attached hydrogen (secondary N) is 3. The fourth-order valence-corrected chi connectivity index (χ4v) is 2.76. The van der Waals surface area contributed by atoms with Gasteiger partial charge in [0, 0.05) is 0 Å². The number of carbonyl (C=O) groups excluding carboxylic acids is 1. The molecule has 11 heteroatoms. The van der Waals surface area contributed by atoms with Crippen molar-refractivity contribution in [1.29, 1.82) is 0 Å². The summed E-state index contributed by atoms with van der Waals surface area (Å²) >= 11 is 6.97. The smallest absolute Gasteiger partial charge is 0.342 e. The molecular weight excluding hydrogens is 382 g/mol. The second-order valence-corrected chi connectivity index (χ2v) is 6.67. The molecule has 0 radical (unpaired) electrons. The van der Waals surface area contributed by atoms with Gasteiger partial charge >= 0.3 is 5.69 Å². The van der Waals surface area contributed by atoms with Crippen molar-refractivity contribution < 1.29 is 9.53 Å². The van der Waals surface area contributed by atoms with Crippen LogP contribution in [0.2, 0.25) is 5.02 Å². The molecule has 0 spiro atoms. The van der Waals surface area contributed by atoms with E-state index in [0.717, 1.165) is 11.8 Å². The molecule has 1 atom stereocenters. The number of thioether (sulfide) groups is 1. The van der Waals surface area contributed by atoms with Crippen molar-refractivity contribution in [1.82, 2.24) is 20.6 Å². The van der Waals surface area contributed by atoms with E-state index in [4.69, 9.17) is 16.3 Å². The minimum absolute atomic E-state index is 0.0190. The van der Waals surface area contributed by atoms with E-state index in [-0.39, 0.29) is 5.03 Å². The van der Waals surface area contributed by atoms with Gasteiger partial charge in [0.05, 0.1) is 23.1 Å². The van der Waals surface area contributed by atoms with Crippen molar-refractivity contribution in [2.24, 2.45) is 5.10 Å². The monoisotopic (exact) mass is 397 g/mol. The summed E-state index contributed by atoms with van der Waals surface area (Å²) in [4.78, 5) is 36.5. The lowest BCUT2D eigenvalue weighted by Gasteiger charge is -2.08. The molecule has 0 fully saturated rings. The summed E-state index contributed by atoms with van der Waals surface area (Å²) in [6.45, 7) is 3.94. The number of H-pyrrole nitrogens is 2. The lowest BCUT2D eigenvalue weighted by molar-refractivity contribution is -0.120. The molecule has 1 amide bonds. The highest BCUT2D eigenvalue weighted by atomic mass is 35.5. The van der Waals surface area contributed by atoms with Gasteiger partial charge in [-0.3, -0.25) is 14.6 Å². The quantitative estimate of drug-likeness (QED) is 0.365. The predicted octanol–water partition coefficient (Wildman–Crippen LogP) is 1.14. The van der Waals surface area contributed by atoms with Gasteiger partial charge in [-0.1, -0.05) is 23.4 Å². The SMILES string of the molecule is CCOc1ccc(/C=N/NC(=O)C(C)Sc2n[nH]c(=O)[nH]c2=O)cc1Cl. The average molecular weight is 398 g/mol. The highest BCUT2D eigenvalue weighted by molar-refractivity contribution is 8.00. The van der Waals surface area contributed by atoms with Crippen LogP contribution in [0, 0.1) is 0 Å². The minimum Gasteiger partial charge on any atom is -0.492 e. The van der Waals surface area contributed by atoms with Gasteiger partial charge < -0.3 is 4.74 Å². The van der Waals surface area contributed by atoms with Crippen molar-refractivity contribution in [3.05, 3.63) is 49.6 Å². The van der Waals surface area contributed by atoms with Crippen LogP contribution in [-0.2, 0) is 4.79 Å². The van der Waals surface area contributed by atoms with Crippen molar-refractivity contribution in [3.8, 4) is 5.75 Å². The molecule has 138 valence electrons. The van der Waals surface area contributed by atoms with Gasteiger partial charge in [0.1, 0.15) is 5.75 Å². The first-order chi connectivity index (χ1) is 12.4. The van der Waals surface area contributed by atoms with E-state index in [1.165, 1.54) is 6.21 Å². The first-order valence-corrected chi connectivity index (χ1v) is 8.77. The molecule has 0 aliphatic heterocycles. The Balaban J connectivity index is 1.94. The fourth-order valence-electron chi connectivity index (χ4n) is 1.77. The largest absolute Gasteiger partial charge is 0.492 e. The molecule has 0 aliphatic carbocycles. The normalized spacial score (nSPS) is 12.1. The molecule has 26 heavy (non-hydrogen) atoms. The van der Waals surface area contributed by atoms with Crippen LogP contribution in [0.1, 0.15) is 19.4 Å². The molecule has 0 saturated heterocycles. The third kappa shape index (κ3) is 5.46. The second kappa shape index (κ2) is 9.20. The van der Waals surface area contributed by atoms with Crippen molar-refractivity contribution >= 4 is 35.5 Å². The van der Waals surface area contributed by atoms with Crippen LogP contribution >= 0.6 is 23.4 Å². The van der Waals surface area contributed by atoms with E-state index in [9.17, 15) is 14.4 Å². The van der Waals surface area contributed by atoms with Crippen LogP contribution in [0.25, 0.3) is 0 Å². The first kappa shape index (κ1) is 19.7. The third-order valence-corrected chi connectivity index (χ3v) is 4.35. The number of amides is 1. The second-order valence-electron chi connectivity index (χ2n) is 4.93. The Hall–Kier alpha value is -2.59. The fraction of sp³-hybridized carbons (Fsp3) is 0.267. The number of hydrogen-bond donors (Lipinski definition) is 3. The Morgan fingerprint density at radius 3 is 2.92 bits per heavy atom. The summed E-state index contributed by atoms with van der Waals surface area (Å²) in [6.07, 6.45) is 1.43. The Bertz CT molecular complexity index is 927. The molecule has 1 unspecified atom stereocenters. The molecule has 1 aromatic heterocycles. The van der Waals surface area contributed by atoms with E-state index in [0.29, 0.717) is 22.9 Å². The molecule has 1 aromatic carbocycles. The van der Waals surface area contributed by atoms with Crippen LogP contribution in [0.5, 0.6) is 5.75 Å². The van der Waals surface area contributed by atoms with Crippen molar-refractivity contribution in [3.63, 3.8) is 0 Å². The van der Waals surface area contributed by atoms with Gasteiger partial charge in [-0.25, -0.2) is 15.3 Å². The zero-order chi connectivity index (χ0) is 19.1. The van der Waals surface area contributed by atoms with Crippen LogP contribution < -0.4 is 21.4 Å². The number of aromatic amines is 2. The van der Waals surface area contributed by atoms with E-state index in [1.807, 2.05) is 11.9 Å². The molecule has 2 aromatic rings. The maximum absolute atomic E-state index is 12.0. The number of ether oxygens (including phenoxy) is 1. The number of hydrazone groups is 1. The number of rotatable bonds is 7. The number of carbonyl (C=O) groups is 1. The molecule has 9 nitrogen and oxygen atoms in total. The van der Waals surface area contributed by atoms with Gasteiger partial charge in [0.25, 0.3) is 11.5 Å². The van der Waals surface area contributed by atoms with Gasteiger partial charge in [0.2, 0.25) is 0 Å². The summed E-state index contributed by atoms with van der Waals surface area (Å²) in [6, 6.07) is 5.11. The van der Waals surface area contributed by atoms with Crippen LogP contribution in [-0.4, -0.2) is 39.2 Å². The summed E-state index contributed by atoms with van der Waals surface area (Å²) in [5.41, 5.74) is 1.67. The zero-order valence-electron chi connectivity index (χ0n) is 13.9. The number of hydrogen-bond acceptors (Lipinski definition) is 7. The highest BCUT2D eigenvalue weighted by Gasteiger charge is 2.17. The molecule has 2 rings (SSSR count). The van der Waals surface area contributed by atoms with E-state index in [2.05, 4.69) is 20.7 Å². The number of aromatic nitrogens is 3. The molecular formula is C15H16ClN5O4S. The summed E-state index contributed by atoms with van der Waals surface area (Å²) in [5.74, 6) is 0.134. The van der Waals surface area contributed by atoms with Gasteiger partial charge in [-0.15, -0.1) is 0 Å². The lowest BCUT2D eigenvalue weighted by Crippen LogP contribution is -2.30. The van der Waals surface area contributed by atoms with Gasteiger partial charge in [-0.2, -0.15) is 10.2 Å². The first-order valence-electron chi connectivity index (χ1n) is 7.51. The van der Waals surface area contributed by atoms with Crippen LogP contribution in [0.3, 0.4) is 0 Å². The van der Waals surface area contributed by atoms with Crippen molar-refractivity contribution in [2.75, 3.05) is 6.61 Å². The van der Waals surface area contributed by atoms with E-state index in [1.54, 1.807) is 25.1 Å². The predicted molar refractivity (Wildman–Crippen MR) is 99.2 cm³/mol. The molecule has 1 heterocycles. The van der Waals surface area contributed by atoms with Crippen molar-refractivity contribution in [2.45, 2.75) is 24.1 Å². The maximum atomic E-state index is 12.0. The Labute approximate surface area is 157 Å². The number of benzene rings is 1. The Morgan fingerprint density at radius 2 is 2.27 bits per heavy atom. The van der Waals surface area contributed by atoms with E-state index < -0.39 is 22.4 Å². The topological polar surface area (TPSA) is 129 Å². The lowest BCUT2D eigenvalue weighted by atomic mass is 10.2. The van der Waals surface area contributed by atoms with Crippen LogP contribution in [0.4, 0.5) is 0 Å². The molecule has 0 aliphatic rings. The standard InChI is InChI=1S/C15H16ClN5O4S/c1-3-25-11-5-4-9(6-10(11)16)7-17-19-12(22)8(2)26-14-13(23)18-15(24)21-20-14/h4-8H,3H2,1-2H3,(H,19,22)(H2,18,21,23,24)/b17-7+.